The van der Waals surface area contributed by atoms with E-state index in [1.54, 1.807) is 6.07 Å². The van der Waals surface area contributed by atoms with E-state index < -0.39 is 23.8 Å². The van der Waals surface area contributed by atoms with Gasteiger partial charge >= 0.3 is 18.3 Å². The Kier molecular flexibility index (Phi) is 9.92. The number of amides is 1. The van der Waals surface area contributed by atoms with Gasteiger partial charge in [-0.2, -0.15) is 5.10 Å². The van der Waals surface area contributed by atoms with Crippen molar-refractivity contribution in [3.8, 4) is 5.75 Å². The summed E-state index contributed by atoms with van der Waals surface area (Å²) in [5.41, 5.74) is 8.61. The van der Waals surface area contributed by atoms with Crippen molar-refractivity contribution in [3.05, 3.63) is 92.9 Å². The third-order valence-electron chi connectivity index (χ3n) is 6.83. The Bertz CT molecular complexity index is 1800. The lowest BCUT2D eigenvalue weighted by Gasteiger charge is -2.21. The molecule has 0 spiro atoms. The first-order valence-electron chi connectivity index (χ1n) is 14.0. The van der Waals surface area contributed by atoms with Crippen LogP contribution < -0.4 is 15.8 Å². The van der Waals surface area contributed by atoms with Crippen molar-refractivity contribution in [1.82, 2.24) is 19.9 Å². The second-order valence-electron chi connectivity index (χ2n) is 11.4. The largest absolute Gasteiger partial charge is 0.573 e. The minimum absolute atomic E-state index is 0.0907. The number of alkyl halides is 3. The first-order valence-corrected chi connectivity index (χ1v) is 14.3. The number of halogens is 4. The average Bonchev–Trinajstić information content (AvgIpc) is 3.58. The smallest absolute Gasteiger partial charge is 0.477 e. The summed E-state index contributed by atoms with van der Waals surface area (Å²) in [6, 6.07) is 9.81. The molecular formula is C31H31ClF3N5O6. The van der Waals surface area contributed by atoms with E-state index in [1.807, 2.05) is 33.8 Å². The van der Waals surface area contributed by atoms with Crippen LogP contribution >= 0.6 is 11.6 Å². The molecule has 1 amide bonds. The van der Waals surface area contributed by atoms with Crippen LogP contribution in [0.5, 0.6) is 5.75 Å². The number of ether oxygens (including phenoxy) is 2. The lowest BCUT2D eigenvalue weighted by atomic mass is 9.97. The molecule has 4 N–H and O–H groups in total. The van der Waals surface area contributed by atoms with Gasteiger partial charge in [0.25, 0.3) is 5.91 Å². The minimum Gasteiger partial charge on any atom is -0.477 e. The summed E-state index contributed by atoms with van der Waals surface area (Å²) in [4.78, 5) is 41.0. The number of carbonyl (C=O) groups excluding carboxylic acids is 2. The second kappa shape index (κ2) is 13.3. The summed E-state index contributed by atoms with van der Waals surface area (Å²) in [6.45, 7) is 7.46. The minimum atomic E-state index is -4.71. The molecule has 4 aromatic rings. The molecule has 1 aliphatic carbocycles. The van der Waals surface area contributed by atoms with Gasteiger partial charge in [-0.25, -0.2) is 19.1 Å². The van der Waals surface area contributed by atoms with Crippen LogP contribution in [0.25, 0.3) is 5.65 Å². The third kappa shape index (κ3) is 8.31. The molecular weight excluding hydrogens is 631 g/mol. The van der Waals surface area contributed by atoms with E-state index in [1.165, 1.54) is 35.0 Å². The summed E-state index contributed by atoms with van der Waals surface area (Å²) in [7, 11) is 0. The molecule has 0 saturated carbocycles. The van der Waals surface area contributed by atoms with E-state index in [0.29, 0.717) is 24.0 Å². The van der Waals surface area contributed by atoms with Crippen molar-refractivity contribution in [3.63, 3.8) is 0 Å². The fourth-order valence-corrected chi connectivity index (χ4v) is 5.18. The highest BCUT2D eigenvalue weighted by atomic mass is 35.5. The van der Waals surface area contributed by atoms with Gasteiger partial charge in [-0.15, -0.1) is 13.2 Å². The summed E-state index contributed by atoms with van der Waals surface area (Å²) >= 11 is 5.55. The highest BCUT2D eigenvalue weighted by Crippen LogP contribution is 2.35. The molecule has 2 heterocycles. The van der Waals surface area contributed by atoms with Gasteiger partial charge in [-0.1, -0.05) is 17.7 Å². The maximum absolute atomic E-state index is 13.0. The van der Waals surface area contributed by atoms with Gasteiger partial charge in [0, 0.05) is 23.7 Å². The Morgan fingerprint density at radius 3 is 2.48 bits per heavy atom. The molecule has 0 radical (unpaired) electrons. The highest BCUT2D eigenvalue weighted by Gasteiger charge is 2.32. The lowest BCUT2D eigenvalue weighted by Crippen LogP contribution is -2.29. The number of benzene rings is 2. The average molecular weight is 662 g/mol. The monoisotopic (exact) mass is 661 g/mol. The molecule has 15 heteroatoms. The molecule has 0 fully saturated rings. The Morgan fingerprint density at radius 1 is 1.13 bits per heavy atom. The van der Waals surface area contributed by atoms with E-state index >= 15 is 0 Å². The maximum atomic E-state index is 13.0. The van der Waals surface area contributed by atoms with Crippen molar-refractivity contribution in [2.45, 2.75) is 65.1 Å². The predicted molar refractivity (Wildman–Crippen MR) is 161 cm³/mol. The van der Waals surface area contributed by atoms with Crippen molar-refractivity contribution in [2.75, 3.05) is 0 Å². The molecule has 11 nitrogen and oxygen atoms in total. The van der Waals surface area contributed by atoms with Crippen molar-refractivity contribution in [1.29, 1.82) is 0 Å². The van der Waals surface area contributed by atoms with Crippen LogP contribution in [0.3, 0.4) is 0 Å². The molecule has 0 unspecified atom stereocenters. The maximum Gasteiger partial charge on any atom is 0.573 e. The first-order chi connectivity index (χ1) is 21.5. The first kappa shape index (κ1) is 34.2. The highest BCUT2D eigenvalue weighted by molar-refractivity contribution is 6.30. The Balaban J connectivity index is 0.000000288. The van der Waals surface area contributed by atoms with E-state index in [4.69, 9.17) is 22.1 Å². The normalized spacial score (nSPS) is 14.2. The van der Waals surface area contributed by atoms with Crippen LogP contribution in [0.4, 0.5) is 13.2 Å². The SMILES string of the molecule is Cc1c(C(=O)OC(C)(C)C)ccc2c1CC[C@@H]2NC(=O)c1cc(C(=O)O)nc2ccnn12.NCc1cc(Cl)cc(OC(F)(F)F)c1. The van der Waals surface area contributed by atoms with E-state index in [9.17, 15) is 32.7 Å². The standard InChI is InChI=1S/C23H24N4O5.C8H7ClF3NO/c1-12-13-7-8-16(15(13)6-5-14(12)22(31)32-23(2,3)4)26-20(28)18-11-17(21(29)30)25-19-9-10-24-27(18)19;9-6-1-5(4-13)2-7(3-6)14-8(10,11)12/h5-6,9-11,16H,7-8H2,1-4H3,(H,26,28)(H,29,30);1-3H,4,13H2/t16-;/m0./s1. The number of aromatic nitrogens is 3. The summed E-state index contributed by atoms with van der Waals surface area (Å²) in [5.74, 6) is -2.40. The van der Waals surface area contributed by atoms with Crippen LogP contribution in [0, 0.1) is 6.92 Å². The number of rotatable bonds is 6. The van der Waals surface area contributed by atoms with Gasteiger partial charge in [0.1, 0.15) is 17.0 Å². The van der Waals surface area contributed by atoms with Crippen molar-refractivity contribution >= 4 is 35.1 Å². The van der Waals surface area contributed by atoms with Gasteiger partial charge in [0.05, 0.1) is 17.8 Å². The molecule has 1 atom stereocenters. The summed E-state index contributed by atoms with van der Waals surface area (Å²) in [5, 5.41) is 16.5. The molecule has 0 saturated heterocycles. The number of carboxylic acid groups (broad SMARTS) is 1. The quantitative estimate of drug-likeness (QED) is 0.217. The predicted octanol–water partition coefficient (Wildman–Crippen LogP) is 5.81. The van der Waals surface area contributed by atoms with Gasteiger partial charge < -0.3 is 25.6 Å². The lowest BCUT2D eigenvalue weighted by molar-refractivity contribution is -0.274. The molecule has 2 aromatic heterocycles. The van der Waals surface area contributed by atoms with Crippen LogP contribution in [0.2, 0.25) is 5.02 Å². The molecule has 46 heavy (non-hydrogen) atoms. The van der Waals surface area contributed by atoms with E-state index in [0.717, 1.165) is 22.8 Å². The number of fused-ring (bicyclic) bond motifs is 2. The third-order valence-corrected chi connectivity index (χ3v) is 7.05. The van der Waals surface area contributed by atoms with Crippen LogP contribution in [-0.4, -0.2) is 49.5 Å². The number of nitrogens with two attached hydrogens (primary N) is 1. The second-order valence-corrected chi connectivity index (χ2v) is 11.8. The number of aromatic carboxylic acids is 1. The zero-order valence-corrected chi connectivity index (χ0v) is 26.0. The number of esters is 1. The Morgan fingerprint density at radius 2 is 1.85 bits per heavy atom. The van der Waals surface area contributed by atoms with Gasteiger partial charge in [-0.05, 0) is 87.1 Å². The van der Waals surface area contributed by atoms with Crippen molar-refractivity contribution < 1.29 is 42.1 Å². The van der Waals surface area contributed by atoms with Crippen LogP contribution in [0.1, 0.15) is 86.8 Å². The molecule has 1 aliphatic rings. The Hall–Kier alpha value is -4.69. The fraction of sp³-hybridized carbons (Fsp3) is 0.323. The summed E-state index contributed by atoms with van der Waals surface area (Å²) in [6.07, 6.45) is -1.89. The van der Waals surface area contributed by atoms with E-state index in [2.05, 4.69) is 20.1 Å². The number of nitrogens with one attached hydrogen (secondary N) is 1. The van der Waals surface area contributed by atoms with Gasteiger partial charge in [0.15, 0.2) is 11.3 Å². The van der Waals surface area contributed by atoms with Crippen LogP contribution in [0.15, 0.2) is 48.7 Å². The zero-order chi connectivity index (χ0) is 34.0. The zero-order valence-electron chi connectivity index (χ0n) is 25.2. The summed E-state index contributed by atoms with van der Waals surface area (Å²) < 4.78 is 45.9. The molecule has 2 aromatic carbocycles. The van der Waals surface area contributed by atoms with E-state index in [-0.39, 0.29) is 46.4 Å². The molecule has 244 valence electrons. The topological polar surface area (TPSA) is 158 Å². The number of carbonyl (C=O) groups is 3. The number of hydrogen-bond donors (Lipinski definition) is 3. The van der Waals surface area contributed by atoms with Crippen molar-refractivity contribution in [2.24, 2.45) is 5.73 Å². The number of hydrogen-bond acceptors (Lipinski definition) is 8. The number of nitrogens with zero attached hydrogens (tertiary/aromatic N) is 3. The molecule has 0 aliphatic heterocycles. The number of carboxylic acids is 1. The van der Waals surface area contributed by atoms with Gasteiger partial charge in [-0.3, -0.25) is 4.79 Å². The Labute approximate surface area is 266 Å². The fourth-order valence-electron chi connectivity index (χ4n) is 4.93. The van der Waals surface area contributed by atoms with Crippen LogP contribution in [-0.2, 0) is 17.7 Å². The van der Waals surface area contributed by atoms with Gasteiger partial charge in [0.2, 0.25) is 0 Å². The molecule has 0 bridgehead atoms. The molecule has 5 rings (SSSR count).